The molecule has 2 N–H and O–H groups in total. The van der Waals surface area contributed by atoms with Crippen molar-refractivity contribution in [1.82, 2.24) is 15.3 Å². The van der Waals surface area contributed by atoms with E-state index in [1.807, 2.05) is 0 Å². The first-order chi connectivity index (χ1) is 9.67. The molecule has 0 aliphatic heterocycles. The molecule has 1 saturated carbocycles. The van der Waals surface area contributed by atoms with Crippen molar-refractivity contribution in [3.63, 3.8) is 0 Å². The summed E-state index contributed by atoms with van der Waals surface area (Å²) in [5.41, 5.74) is 0. The normalized spacial score (nSPS) is 21.4. The monoisotopic (exact) mass is 280 g/mol. The summed E-state index contributed by atoms with van der Waals surface area (Å²) >= 11 is 0. The molecule has 20 heavy (non-hydrogen) atoms. The van der Waals surface area contributed by atoms with Gasteiger partial charge in [0, 0.05) is 19.2 Å². The molecule has 1 aliphatic carbocycles. The third-order valence-electron chi connectivity index (χ3n) is 3.51. The van der Waals surface area contributed by atoms with Gasteiger partial charge in [0.25, 0.3) is 0 Å². The number of hydrogen-bond donors (Lipinski definition) is 2. The largest absolute Gasteiger partial charge is 0.481 e. The maximum Gasteiger partial charge on any atom is 0.321 e. The first kappa shape index (κ1) is 14.4. The smallest absolute Gasteiger partial charge is 0.321 e. The Hall–Kier alpha value is -2.05. The van der Waals surface area contributed by atoms with E-state index in [1.165, 1.54) is 14.2 Å². The fourth-order valence-electron chi connectivity index (χ4n) is 2.50. The van der Waals surface area contributed by atoms with Gasteiger partial charge in [0.05, 0.1) is 20.1 Å². The molecule has 1 aromatic rings. The fourth-order valence-corrected chi connectivity index (χ4v) is 2.50. The molecule has 0 saturated heterocycles. The number of carbonyl (C=O) groups is 1. The van der Waals surface area contributed by atoms with E-state index < -0.39 is 0 Å². The molecule has 1 aromatic heterocycles. The fraction of sp³-hybridized carbons (Fsp3) is 0.615. The molecule has 2 unspecified atom stereocenters. The lowest BCUT2D eigenvalue weighted by atomic mass is 10.0. The van der Waals surface area contributed by atoms with Gasteiger partial charge in [-0.05, 0) is 12.8 Å². The highest BCUT2D eigenvalue weighted by atomic mass is 16.5. The van der Waals surface area contributed by atoms with Gasteiger partial charge in [0.2, 0.25) is 11.8 Å². The number of nitrogens with zero attached hydrogens (tertiary/aromatic N) is 2. The molecule has 110 valence electrons. The van der Waals surface area contributed by atoms with Crippen molar-refractivity contribution in [1.29, 1.82) is 0 Å². The number of rotatable bonds is 5. The molecule has 7 nitrogen and oxygen atoms in total. The minimum absolute atomic E-state index is 0.0352. The van der Waals surface area contributed by atoms with Crippen LogP contribution in [-0.2, 0) is 4.79 Å². The Bertz CT molecular complexity index is 458. The van der Waals surface area contributed by atoms with Gasteiger partial charge in [-0.15, -0.1) is 0 Å². The standard InChI is InChI=1S/C13H20N4O3/c1-14-12(18)8-5-4-6-9(8)15-10-7-11(19-2)17-13(16-10)20-3/h7-9H,4-6H2,1-3H3,(H,14,18)(H,15,16,17). The second-order valence-corrected chi connectivity index (χ2v) is 4.68. The van der Waals surface area contributed by atoms with E-state index in [0.29, 0.717) is 11.7 Å². The Morgan fingerprint density at radius 3 is 2.75 bits per heavy atom. The van der Waals surface area contributed by atoms with Crippen LogP contribution in [0.2, 0.25) is 0 Å². The summed E-state index contributed by atoms with van der Waals surface area (Å²) < 4.78 is 10.1. The minimum atomic E-state index is -0.0352. The molecule has 0 radical (unpaired) electrons. The summed E-state index contributed by atoms with van der Waals surface area (Å²) in [6.07, 6.45) is 2.85. The van der Waals surface area contributed by atoms with Crippen LogP contribution in [-0.4, -0.2) is 43.2 Å². The first-order valence-corrected chi connectivity index (χ1v) is 6.63. The Morgan fingerprint density at radius 2 is 2.10 bits per heavy atom. The maximum atomic E-state index is 11.8. The quantitative estimate of drug-likeness (QED) is 0.830. The number of methoxy groups -OCH3 is 2. The van der Waals surface area contributed by atoms with E-state index in [-0.39, 0.29) is 23.9 Å². The van der Waals surface area contributed by atoms with Crippen molar-refractivity contribution in [3.8, 4) is 11.9 Å². The van der Waals surface area contributed by atoms with Crippen LogP contribution >= 0.6 is 0 Å². The predicted molar refractivity (Wildman–Crippen MR) is 74.0 cm³/mol. The third kappa shape index (κ3) is 3.09. The van der Waals surface area contributed by atoms with E-state index in [2.05, 4.69) is 20.6 Å². The second kappa shape index (κ2) is 6.40. The Kier molecular flexibility index (Phi) is 4.60. The van der Waals surface area contributed by atoms with Crippen LogP contribution in [0.25, 0.3) is 0 Å². The van der Waals surface area contributed by atoms with E-state index >= 15 is 0 Å². The van der Waals surface area contributed by atoms with Crippen molar-refractivity contribution >= 4 is 11.7 Å². The lowest BCUT2D eigenvalue weighted by molar-refractivity contribution is -0.124. The first-order valence-electron chi connectivity index (χ1n) is 6.63. The topological polar surface area (TPSA) is 85.4 Å². The average molecular weight is 280 g/mol. The molecule has 1 heterocycles. The third-order valence-corrected chi connectivity index (χ3v) is 3.51. The summed E-state index contributed by atoms with van der Waals surface area (Å²) in [5, 5.41) is 5.99. The molecule has 1 amide bonds. The molecule has 0 bridgehead atoms. The van der Waals surface area contributed by atoms with Crippen LogP contribution in [0, 0.1) is 5.92 Å². The van der Waals surface area contributed by atoms with Gasteiger partial charge in [-0.25, -0.2) is 0 Å². The maximum absolute atomic E-state index is 11.8. The van der Waals surface area contributed by atoms with Gasteiger partial charge in [-0.3, -0.25) is 4.79 Å². The minimum Gasteiger partial charge on any atom is -0.481 e. The van der Waals surface area contributed by atoms with Gasteiger partial charge >= 0.3 is 6.01 Å². The van der Waals surface area contributed by atoms with Crippen LogP contribution in [0.3, 0.4) is 0 Å². The number of carbonyl (C=O) groups excluding carboxylic acids is 1. The molecule has 2 atom stereocenters. The zero-order valence-electron chi connectivity index (χ0n) is 12.0. The van der Waals surface area contributed by atoms with Gasteiger partial charge in [0.1, 0.15) is 5.82 Å². The highest BCUT2D eigenvalue weighted by Gasteiger charge is 2.32. The Morgan fingerprint density at radius 1 is 1.30 bits per heavy atom. The van der Waals surface area contributed by atoms with Crippen LogP contribution in [0.5, 0.6) is 11.9 Å². The van der Waals surface area contributed by atoms with Gasteiger partial charge in [-0.1, -0.05) is 6.42 Å². The molecule has 0 aromatic carbocycles. The average Bonchev–Trinajstić information content (AvgIpc) is 2.94. The SMILES string of the molecule is CNC(=O)C1CCCC1Nc1cc(OC)nc(OC)n1. The number of amides is 1. The van der Waals surface area contributed by atoms with Crippen molar-refractivity contribution < 1.29 is 14.3 Å². The lowest BCUT2D eigenvalue weighted by Gasteiger charge is -2.20. The highest BCUT2D eigenvalue weighted by Crippen LogP contribution is 2.29. The second-order valence-electron chi connectivity index (χ2n) is 4.68. The predicted octanol–water partition coefficient (Wildman–Crippen LogP) is 0.820. The van der Waals surface area contributed by atoms with Crippen molar-refractivity contribution in [2.24, 2.45) is 5.92 Å². The summed E-state index contributed by atoms with van der Waals surface area (Å²) in [5.74, 6) is 1.06. The molecular formula is C13H20N4O3. The zero-order chi connectivity index (χ0) is 14.5. The zero-order valence-corrected chi connectivity index (χ0v) is 12.0. The molecule has 1 aliphatic rings. The van der Waals surface area contributed by atoms with Crippen molar-refractivity contribution in [2.75, 3.05) is 26.6 Å². The van der Waals surface area contributed by atoms with Gasteiger partial charge in [0.15, 0.2) is 0 Å². The molecule has 0 spiro atoms. The Balaban J connectivity index is 2.14. The number of hydrogen-bond acceptors (Lipinski definition) is 6. The summed E-state index contributed by atoms with van der Waals surface area (Å²) in [7, 11) is 4.70. The van der Waals surface area contributed by atoms with E-state index in [4.69, 9.17) is 9.47 Å². The van der Waals surface area contributed by atoms with Crippen LogP contribution in [0.15, 0.2) is 6.07 Å². The summed E-state index contributed by atoms with van der Waals surface area (Å²) in [6, 6.07) is 2.00. The molecule has 2 rings (SSSR count). The van der Waals surface area contributed by atoms with Gasteiger partial charge < -0.3 is 20.1 Å². The van der Waals surface area contributed by atoms with Crippen molar-refractivity contribution in [2.45, 2.75) is 25.3 Å². The molecular weight excluding hydrogens is 260 g/mol. The molecule has 7 heteroatoms. The summed E-state index contributed by atoms with van der Waals surface area (Å²) in [6.45, 7) is 0. The van der Waals surface area contributed by atoms with Gasteiger partial charge in [-0.2, -0.15) is 9.97 Å². The van der Waals surface area contributed by atoms with E-state index in [0.717, 1.165) is 19.3 Å². The van der Waals surface area contributed by atoms with Crippen molar-refractivity contribution in [3.05, 3.63) is 6.07 Å². The van der Waals surface area contributed by atoms with E-state index in [9.17, 15) is 4.79 Å². The van der Waals surface area contributed by atoms with Crippen LogP contribution < -0.4 is 20.1 Å². The summed E-state index contributed by atoms with van der Waals surface area (Å²) in [4.78, 5) is 20.1. The highest BCUT2D eigenvalue weighted by molar-refractivity contribution is 5.79. The van der Waals surface area contributed by atoms with E-state index in [1.54, 1.807) is 13.1 Å². The number of nitrogens with one attached hydrogen (secondary N) is 2. The number of anilines is 1. The van der Waals surface area contributed by atoms with Crippen LogP contribution in [0.4, 0.5) is 5.82 Å². The Labute approximate surface area is 118 Å². The lowest BCUT2D eigenvalue weighted by Crippen LogP contribution is -2.36. The van der Waals surface area contributed by atoms with Crippen LogP contribution in [0.1, 0.15) is 19.3 Å². The number of aromatic nitrogens is 2. The molecule has 1 fully saturated rings. The number of ether oxygens (including phenoxy) is 2.